The van der Waals surface area contributed by atoms with Crippen molar-refractivity contribution in [1.82, 2.24) is 19.6 Å². The van der Waals surface area contributed by atoms with Crippen molar-refractivity contribution in [1.29, 1.82) is 0 Å². The lowest BCUT2D eigenvalue weighted by molar-refractivity contribution is -0.143. The van der Waals surface area contributed by atoms with Gasteiger partial charge in [0.05, 0.1) is 12.2 Å². The fourth-order valence-corrected chi connectivity index (χ4v) is 3.81. The topological polar surface area (TPSA) is 87.5 Å². The van der Waals surface area contributed by atoms with E-state index < -0.39 is 11.5 Å². The van der Waals surface area contributed by atoms with Crippen molar-refractivity contribution in [3.8, 4) is 0 Å². The molecule has 0 spiro atoms. The minimum absolute atomic E-state index is 0.0235. The van der Waals surface area contributed by atoms with E-state index in [-0.39, 0.29) is 23.8 Å². The molecule has 1 aromatic heterocycles. The van der Waals surface area contributed by atoms with Crippen LogP contribution < -0.4 is 5.32 Å². The Hall–Kier alpha value is -2.38. The maximum atomic E-state index is 12.8. The molecule has 8 nitrogen and oxygen atoms in total. The van der Waals surface area contributed by atoms with E-state index in [2.05, 4.69) is 10.4 Å². The first-order valence-electron chi connectivity index (χ1n) is 10.1. The van der Waals surface area contributed by atoms with Crippen LogP contribution in [0.2, 0.25) is 0 Å². The van der Waals surface area contributed by atoms with E-state index in [0.29, 0.717) is 31.9 Å². The highest BCUT2D eigenvalue weighted by Gasteiger charge is 2.34. The Balaban J connectivity index is 1.59. The molecular weight excluding hydrogens is 358 g/mol. The van der Waals surface area contributed by atoms with E-state index in [1.54, 1.807) is 11.1 Å². The first-order valence-corrected chi connectivity index (χ1v) is 10.1. The van der Waals surface area contributed by atoms with E-state index in [1.165, 1.54) is 0 Å². The van der Waals surface area contributed by atoms with Gasteiger partial charge in [-0.1, -0.05) is 20.8 Å². The summed E-state index contributed by atoms with van der Waals surface area (Å²) in [6, 6.07) is 1.55. The predicted octanol–water partition coefficient (Wildman–Crippen LogP) is 2.04. The maximum Gasteiger partial charge on any atom is 0.245 e. The van der Waals surface area contributed by atoms with Gasteiger partial charge < -0.3 is 15.1 Å². The average molecular weight is 390 g/mol. The molecule has 2 aliphatic rings. The van der Waals surface area contributed by atoms with Gasteiger partial charge in [0.15, 0.2) is 0 Å². The fraction of sp³-hybridized carbons (Fsp3) is 0.700. The minimum atomic E-state index is -0.478. The molecule has 0 aliphatic carbocycles. The second-order valence-corrected chi connectivity index (χ2v) is 8.79. The van der Waals surface area contributed by atoms with E-state index in [9.17, 15) is 14.4 Å². The van der Waals surface area contributed by atoms with Gasteiger partial charge in [0.2, 0.25) is 17.7 Å². The molecule has 0 unspecified atom stereocenters. The zero-order valence-electron chi connectivity index (χ0n) is 17.3. The number of hydrogen-bond acceptors (Lipinski definition) is 4. The molecule has 2 saturated heterocycles. The summed E-state index contributed by atoms with van der Waals surface area (Å²) in [4.78, 5) is 40.6. The van der Waals surface area contributed by atoms with E-state index in [4.69, 9.17) is 0 Å². The summed E-state index contributed by atoms with van der Waals surface area (Å²) in [6.07, 6.45) is 4.61. The lowest BCUT2D eigenvalue weighted by Crippen LogP contribution is -2.50. The number of rotatable bonds is 4. The van der Waals surface area contributed by atoms with Crippen LogP contribution >= 0.6 is 0 Å². The van der Waals surface area contributed by atoms with Crippen LogP contribution in [-0.4, -0.2) is 63.0 Å². The van der Waals surface area contributed by atoms with E-state index in [0.717, 1.165) is 19.3 Å². The highest BCUT2D eigenvalue weighted by Crippen LogP contribution is 2.27. The molecule has 2 aliphatic heterocycles. The summed E-state index contributed by atoms with van der Waals surface area (Å²) in [5, 5.41) is 7.36. The van der Waals surface area contributed by atoms with Crippen molar-refractivity contribution < 1.29 is 14.4 Å². The second kappa shape index (κ2) is 7.93. The Kier molecular flexibility index (Phi) is 5.76. The largest absolute Gasteiger partial charge is 0.341 e. The normalized spacial score (nSPS) is 19.8. The molecule has 0 radical (unpaired) electrons. The third-order valence-electron chi connectivity index (χ3n) is 5.65. The molecule has 0 bridgehead atoms. The predicted molar refractivity (Wildman–Crippen MR) is 106 cm³/mol. The molecule has 28 heavy (non-hydrogen) atoms. The molecule has 1 aromatic rings. The van der Waals surface area contributed by atoms with Crippen molar-refractivity contribution in [2.75, 3.05) is 25.0 Å². The van der Waals surface area contributed by atoms with Crippen molar-refractivity contribution in [3.63, 3.8) is 0 Å². The zero-order chi connectivity index (χ0) is 20.5. The van der Waals surface area contributed by atoms with Gasteiger partial charge in [-0.3, -0.25) is 14.4 Å². The summed E-state index contributed by atoms with van der Waals surface area (Å²) in [7, 11) is 0. The van der Waals surface area contributed by atoms with Gasteiger partial charge in [-0.05, 0) is 26.2 Å². The molecular formula is C20H31N5O3. The van der Waals surface area contributed by atoms with Crippen LogP contribution in [0.5, 0.6) is 0 Å². The monoisotopic (exact) mass is 389 g/mol. The van der Waals surface area contributed by atoms with Crippen LogP contribution in [0, 0.1) is 5.41 Å². The van der Waals surface area contributed by atoms with Gasteiger partial charge in [-0.2, -0.15) is 5.10 Å². The molecule has 3 rings (SSSR count). The van der Waals surface area contributed by atoms with Crippen molar-refractivity contribution in [2.45, 2.75) is 65.5 Å². The fourth-order valence-electron chi connectivity index (χ4n) is 3.81. The minimum Gasteiger partial charge on any atom is -0.341 e. The van der Waals surface area contributed by atoms with Gasteiger partial charge in [0.25, 0.3) is 0 Å². The lowest BCUT2D eigenvalue weighted by atomic mass is 9.96. The quantitative estimate of drug-likeness (QED) is 0.854. The Morgan fingerprint density at radius 2 is 1.89 bits per heavy atom. The van der Waals surface area contributed by atoms with Crippen LogP contribution in [0.3, 0.4) is 0 Å². The van der Waals surface area contributed by atoms with E-state index >= 15 is 0 Å². The van der Waals surface area contributed by atoms with Crippen LogP contribution in [0.4, 0.5) is 5.82 Å². The number of likely N-dealkylation sites (tertiary alicyclic amines) is 2. The summed E-state index contributed by atoms with van der Waals surface area (Å²) >= 11 is 0. The number of hydrogen-bond donors (Lipinski definition) is 1. The van der Waals surface area contributed by atoms with Gasteiger partial charge >= 0.3 is 0 Å². The summed E-state index contributed by atoms with van der Waals surface area (Å²) in [5.74, 6) is 0.744. The SMILES string of the molecule is C[C@H](C(=O)N1CCC(n2nccc2NC(=O)C(C)(C)C)CC1)N1CCCC1=O. The Labute approximate surface area is 166 Å². The number of amides is 3. The first-order chi connectivity index (χ1) is 13.2. The third kappa shape index (κ3) is 4.20. The summed E-state index contributed by atoms with van der Waals surface area (Å²) in [5.41, 5.74) is -0.478. The van der Waals surface area contributed by atoms with Gasteiger partial charge in [0, 0.05) is 37.5 Å². The first kappa shape index (κ1) is 20.4. The summed E-state index contributed by atoms with van der Waals surface area (Å²) in [6.45, 7) is 9.38. The highest BCUT2D eigenvalue weighted by molar-refractivity contribution is 5.93. The number of nitrogens with zero attached hydrogens (tertiary/aromatic N) is 4. The Bertz CT molecular complexity index is 743. The maximum absolute atomic E-state index is 12.8. The van der Waals surface area contributed by atoms with Crippen LogP contribution in [-0.2, 0) is 14.4 Å². The molecule has 0 saturated carbocycles. The van der Waals surface area contributed by atoms with Crippen LogP contribution in [0.15, 0.2) is 12.3 Å². The molecule has 3 heterocycles. The lowest BCUT2D eigenvalue weighted by Gasteiger charge is -2.36. The van der Waals surface area contributed by atoms with Gasteiger partial charge in [-0.25, -0.2) is 4.68 Å². The molecule has 1 N–H and O–H groups in total. The molecule has 8 heteroatoms. The summed E-state index contributed by atoms with van der Waals surface area (Å²) < 4.78 is 1.86. The van der Waals surface area contributed by atoms with Gasteiger partial charge in [0.1, 0.15) is 11.9 Å². The number of carbonyl (C=O) groups is 3. The number of anilines is 1. The van der Waals surface area contributed by atoms with Crippen LogP contribution in [0.25, 0.3) is 0 Å². The Morgan fingerprint density at radius 1 is 1.21 bits per heavy atom. The number of nitrogens with one attached hydrogen (secondary N) is 1. The average Bonchev–Trinajstić information content (AvgIpc) is 3.28. The third-order valence-corrected chi connectivity index (χ3v) is 5.65. The van der Waals surface area contributed by atoms with Crippen molar-refractivity contribution in [3.05, 3.63) is 12.3 Å². The smallest absolute Gasteiger partial charge is 0.245 e. The van der Waals surface area contributed by atoms with Crippen LogP contribution in [0.1, 0.15) is 59.4 Å². The van der Waals surface area contributed by atoms with E-state index in [1.807, 2.05) is 43.3 Å². The molecule has 1 atom stereocenters. The van der Waals surface area contributed by atoms with Crippen molar-refractivity contribution >= 4 is 23.5 Å². The van der Waals surface area contributed by atoms with Gasteiger partial charge in [-0.15, -0.1) is 0 Å². The molecule has 3 amide bonds. The highest BCUT2D eigenvalue weighted by atomic mass is 16.2. The number of piperidine rings is 1. The second-order valence-electron chi connectivity index (χ2n) is 8.79. The molecule has 0 aromatic carbocycles. The standard InChI is InChI=1S/C20H31N5O3/c1-14(24-11-5-6-17(24)26)18(27)23-12-8-15(9-13-23)25-16(7-10-21-25)22-19(28)20(2,3)4/h7,10,14-15H,5-6,8-9,11-13H2,1-4H3,(H,22,28)/t14-/m1/s1. The Morgan fingerprint density at radius 3 is 2.46 bits per heavy atom. The van der Waals surface area contributed by atoms with Crippen molar-refractivity contribution in [2.24, 2.45) is 5.41 Å². The number of aromatic nitrogens is 2. The zero-order valence-corrected chi connectivity index (χ0v) is 17.3. The molecule has 2 fully saturated rings. The number of carbonyl (C=O) groups excluding carboxylic acids is 3. The molecule has 154 valence electrons.